The fourth-order valence-electron chi connectivity index (χ4n) is 3.75. The number of hydrogen-bond donors (Lipinski definition) is 1. The quantitative estimate of drug-likeness (QED) is 0.319. The minimum atomic E-state index is -4.72. The van der Waals surface area contributed by atoms with E-state index in [-0.39, 0.29) is 11.8 Å². The monoisotopic (exact) mass is 455 g/mol. The summed E-state index contributed by atoms with van der Waals surface area (Å²) >= 11 is 6.37. The molecule has 0 heterocycles. The van der Waals surface area contributed by atoms with Gasteiger partial charge in [0.05, 0.1) is 0 Å². The first-order valence-corrected chi connectivity index (χ1v) is 10.5. The van der Waals surface area contributed by atoms with Gasteiger partial charge in [-0.05, 0) is 58.7 Å². The third-order valence-electron chi connectivity index (χ3n) is 5.33. The van der Waals surface area contributed by atoms with E-state index in [2.05, 4.69) is 47.3 Å². The van der Waals surface area contributed by atoms with E-state index in [0.29, 0.717) is 17.1 Å². The van der Waals surface area contributed by atoms with Crippen LogP contribution >= 0.6 is 11.6 Å². The van der Waals surface area contributed by atoms with Crippen LogP contribution in [0.1, 0.15) is 24.1 Å². The van der Waals surface area contributed by atoms with Crippen molar-refractivity contribution >= 4 is 22.4 Å². The van der Waals surface area contributed by atoms with Crippen LogP contribution in [0.4, 0.5) is 13.2 Å². The number of hydrogen-bond acceptors (Lipinski definition) is 2. The Labute approximate surface area is 189 Å². The Bertz CT molecular complexity index is 1220. The Morgan fingerprint density at radius 3 is 2.38 bits per heavy atom. The predicted octanol–water partition coefficient (Wildman–Crippen LogP) is 7.91. The molecule has 0 aromatic heterocycles. The van der Waals surface area contributed by atoms with E-state index in [1.807, 2.05) is 24.3 Å². The Kier molecular flexibility index (Phi) is 6.40. The van der Waals surface area contributed by atoms with Gasteiger partial charge < -0.3 is 10.1 Å². The summed E-state index contributed by atoms with van der Waals surface area (Å²) in [5.74, 6) is -0.265. The second-order valence-corrected chi connectivity index (χ2v) is 7.96. The number of nitrogens with one attached hydrogen (secondary N) is 1. The Morgan fingerprint density at radius 1 is 0.906 bits per heavy atom. The first-order chi connectivity index (χ1) is 15.3. The van der Waals surface area contributed by atoms with E-state index in [4.69, 9.17) is 11.6 Å². The zero-order chi connectivity index (χ0) is 22.7. The molecular weight excluding hydrogens is 435 g/mol. The van der Waals surface area contributed by atoms with Crippen LogP contribution in [0.3, 0.4) is 0 Å². The zero-order valence-electron chi connectivity index (χ0n) is 17.3. The summed E-state index contributed by atoms with van der Waals surface area (Å²) in [6.07, 6.45) is -4.72. The topological polar surface area (TPSA) is 21.3 Å². The van der Waals surface area contributed by atoms with Crippen LogP contribution in [-0.2, 0) is 6.54 Å². The smallest absolute Gasteiger partial charge is 0.406 e. The van der Waals surface area contributed by atoms with Crippen molar-refractivity contribution in [2.45, 2.75) is 25.9 Å². The number of fused-ring (bicyclic) bond motifs is 1. The lowest BCUT2D eigenvalue weighted by Gasteiger charge is -2.17. The maximum atomic E-state index is 12.4. The molecule has 0 spiro atoms. The molecular formula is C26H21ClF3NO. The lowest BCUT2D eigenvalue weighted by Crippen LogP contribution is -2.18. The van der Waals surface area contributed by atoms with Crippen molar-refractivity contribution in [1.29, 1.82) is 0 Å². The molecule has 6 heteroatoms. The second kappa shape index (κ2) is 9.23. The third-order valence-corrected chi connectivity index (χ3v) is 5.66. The number of ether oxygens (including phenoxy) is 1. The largest absolute Gasteiger partial charge is 0.573 e. The maximum absolute atomic E-state index is 12.4. The minimum absolute atomic E-state index is 0.124. The van der Waals surface area contributed by atoms with Gasteiger partial charge >= 0.3 is 6.36 Å². The normalized spacial score (nSPS) is 12.7. The van der Waals surface area contributed by atoms with Crippen molar-refractivity contribution in [3.8, 4) is 16.9 Å². The standard InChI is InChI=1S/C26H21ClF3NO/c1-17(22-8-4-6-19-5-2-3-7-23(19)22)31-16-18-9-14-25(27)24(15-18)20-10-12-21(13-11-20)32-26(28,29)30/h2-15,17,31H,16H2,1H3. The fourth-order valence-corrected chi connectivity index (χ4v) is 3.98. The van der Waals surface area contributed by atoms with Crippen LogP contribution in [0, 0.1) is 0 Å². The van der Waals surface area contributed by atoms with Gasteiger partial charge in [-0.2, -0.15) is 0 Å². The summed E-state index contributed by atoms with van der Waals surface area (Å²) in [4.78, 5) is 0. The summed E-state index contributed by atoms with van der Waals surface area (Å²) < 4.78 is 41.1. The van der Waals surface area contributed by atoms with Gasteiger partial charge in [-0.15, -0.1) is 13.2 Å². The summed E-state index contributed by atoms with van der Waals surface area (Å²) in [6.45, 7) is 2.74. The Morgan fingerprint density at radius 2 is 1.62 bits per heavy atom. The van der Waals surface area contributed by atoms with Gasteiger partial charge in [0.25, 0.3) is 0 Å². The van der Waals surface area contributed by atoms with Crippen LogP contribution in [0.5, 0.6) is 5.75 Å². The molecule has 0 amide bonds. The van der Waals surface area contributed by atoms with Crippen molar-refractivity contribution < 1.29 is 17.9 Å². The molecule has 4 aromatic rings. The second-order valence-electron chi connectivity index (χ2n) is 7.56. The molecule has 0 fully saturated rings. The average molecular weight is 456 g/mol. The number of alkyl halides is 3. The van der Waals surface area contributed by atoms with Crippen molar-refractivity contribution in [2.24, 2.45) is 0 Å². The van der Waals surface area contributed by atoms with Crippen molar-refractivity contribution in [3.05, 3.63) is 101 Å². The van der Waals surface area contributed by atoms with Crippen LogP contribution in [-0.4, -0.2) is 6.36 Å². The van der Waals surface area contributed by atoms with E-state index in [1.54, 1.807) is 18.2 Å². The molecule has 0 saturated carbocycles. The molecule has 164 valence electrons. The summed E-state index contributed by atoms with van der Waals surface area (Å²) in [7, 11) is 0. The zero-order valence-corrected chi connectivity index (χ0v) is 18.0. The van der Waals surface area contributed by atoms with Crippen molar-refractivity contribution in [2.75, 3.05) is 0 Å². The Hall–Kier alpha value is -3.02. The van der Waals surface area contributed by atoms with E-state index in [1.165, 1.54) is 28.5 Å². The molecule has 0 aliphatic heterocycles. The molecule has 0 radical (unpaired) electrons. The van der Waals surface area contributed by atoms with Crippen molar-refractivity contribution in [1.82, 2.24) is 5.32 Å². The summed E-state index contributed by atoms with van der Waals surface area (Å²) in [5.41, 5.74) is 3.71. The lowest BCUT2D eigenvalue weighted by atomic mass is 9.99. The molecule has 4 rings (SSSR count). The van der Waals surface area contributed by atoms with Gasteiger partial charge in [0.15, 0.2) is 0 Å². The molecule has 0 bridgehead atoms. The van der Waals surface area contributed by atoms with Gasteiger partial charge in [-0.3, -0.25) is 0 Å². The fraction of sp³-hybridized carbons (Fsp3) is 0.154. The molecule has 2 nitrogen and oxygen atoms in total. The van der Waals surface area contributed by atoms with Crippen molar-refractivity contribution in [3.63, 3.8) is 0 Å². The van der Waals surface area contributed by atoms with E-state index in [0.717, 1.165) is 11.1 Å². The van der Waals surface area contributed by atoms with E-state index in [9.17, 15) is 13.2 Å². The van der Waals surface area contributed by atoms with Crippen LogP contribution in [0.25, 0.3) is 21.9 Å². The molecule has 0 aliphatic rings. The highest BCUT2D eigenvalue weighted by Gasteiger charge is 2.31. The molecule has 1 unspecified atom stereocenters. The highest BCUT2D eigenvalue weighted by Crippen LogP contribution is 2.32. The van der Waals surface area contributed by atoms with Gasteiger partial charge in [0, 0.05) is 23.2 Å². The number of rotatable bonds is 6. The molecule has 1 atom stereocenters. The molecule has 0 aliphatic carbocycles. The first kappa shape index (κ1) is 22.2. The Balaban J connectivity index is 1.50. The average Bonchev–Trinajstić information content (AvgIpc) is 2.77. The van der Waals surface area contributed by atoms with Gasteiger partial charge in [-0.1, -0.05) is 72.3 Å². The van der Waals surface area contributed by atoms with Crippen LogP contribution < -0.4 is 10.1 Å². The predicted molar refractivity (Wildman–Crippen MR) is 123 cm³/mol. The molecule has 1 N–H and O–H groups in total. The lowest BCUT2D eigenvalue weighted by molar-refractivity contribution is -0.274. The molecule has 4 aromatic carbocycles. The highest BCUT2D eigenvalue weighted by molar-refractivity contribution is 6.33. The third kappa shape index (κ3) is 5.23. The van der Waals surface area contributed by atoms with E-state index < -0.39 is 6.36 Å². The van der Waals surface area contributed by atoms with Crippen LogP contribution in [0.15, 0.2) is 84.9 Å². The van der Waals surface area contributed by atoms with Gasteiger partial charge in [0.1, 0.15) is 5.75 Å². The minimum Gasteiger partial charge on any atom is -0.406 e. The number of benzene rings is 4. The molecule has 32 heavy (non-hydrogen) atoms. The number of halogens is 4. The van der Waals surface area contributed by atoms with E-state index >= 15 is 0 Å². The van der Waals surface area contributed by atoms with Gasteiger partial charge in [0.2, 0.25) is 0 Å². The molecule has 0 saturated heterocycles. The summed E-state index contributed by atoms with van der Waals surface area (Å²) in [5, 5.41) is 6.50. The summed E-state index contributed by atoms with van der Waals surface area (Å²) in [6, 6.07) is 26.1. The SMILES string of the molecule is CC(NCc1ccc(Cl)c(-c2ccc(OC(F)(F)F)cc2)c1)c1cccc2ccccc12. The van der Waals surface area contributed by atoms with Gasteiger partial charge in [-0.25, -0.2) is 0 Å². The first-order valence-electron chi connectivity index (χ1n) is 10.2. The highest BCUT2D eigenvalue weighted by atomic mass is 35.5. The van der Waals surface area contributed by atoms with Crippen LogP contribution in [0.2, 0.25) is 5.02 Å². The maximum Gasteiger partial charge on any atom is 0.573 e.